The van der Waals surface area contributed by atoms with Gasteiger partial charge < -0.3 is 15.1 Å². The summed E-state index contributed by atoms with van der Waals surface area (Å²) < 4.78 is 0. The first-order chi connectivity index (χ1) is 16.5. The van der Waals surface area contributed by atoms with Crippen LogP contribution in [0.1, 0.15) is 84.5 Å². The van der Waals surface area contributed by atoms with Gasteiger partial charge in [0.25, 0.3) is 0 Å². The monoisotopic (exact) mass is 509 g/mol. The van der Waals surface area contributed by atoms with Gasteiger partial charge in [0, 0.05) is 44.2 Å². The predicted molar refractivity (Wildman–Crippen MR) is 140 cm³/mol. The zero-order valence-corrected chi connectivity index (χ0v) is 22.3. The molecular weight excluding hydrogens is 470 g/mol. The number of halogens is 1. The van der Waals surface area contributed by atoms with Gasteiger partial charge in [-0.2, -0.15) is 0 Å². The van der Waals surface area contributed by atoms with Crippen LogP contribution in [0, 0.1) is 0 Å². The van der Waals surface area contributed by atoms with Crippen molar-refractivity contribution < 1.29 is 9.59 Å². The van der Waals surface area contributed by atoms with Crippen molar-refractivity contribution in [3.8, 4) is 0 Å². The molecule has 7 nitrogen and oxygen atoms in total. The van der Waals surface area contributed by atoms with E-state index >= 15 is 0 Å². The molecule has 1 aliphatic carbocycles. The Balaban J connectivity index is 1.48. The molecule has 2 fully saturated rings. The van der Waals surface area contributed by atoms with Gasteiger partial charge >= 0.3 is 0 Å². The zero-order chi connectivity index (χ0) is 24.3. The van der Waals surface area contributed by atoms with Crippen LogP contribution in [0.5, 0.6) is 0 Å². The molecule has 1 N–H and O–H groups in total. The molecule has 0 spiro atoms. The topological polar surface area (TPSA) is 78.4 Å². The van der Waals surface area contributed by atoms with Gasteiger partial charge in [0.1, 0.15) is 11.0 Å². The average Bonchev–Trinajstić information content (AvgIpc) is 2.83. The third-order valence-electron chi connectivity index (χ3n) is 6.73. The molecular formula is C25H40ClN5O2S. The van der Waals surface area contributed by atoms with Crippen LogP contribution in [0.15, 0.2) is 11.2 Å². The lowest BCUT2D eigenvalue weighted by molar-refractivity contribution is -0.133. The number of rotatable bonds is 11. The highest BCUT2D eigenvalue weighted by molar-refractivity contribution is 7.99. The lowest BCUT2D eigenvalue weighted by Crippen LogP contribution is -2.54. The molecule has 34 heavy (non-hydrogen) atoms. The summed E-state index contributed by atoms with van der Waals surface area (Å²) in [5, 5.41) is 4.02. The summed E-state index contributed by atoms with van der Waals surface area (Å²) in [7, 11) is 0. The average molecular weight is 510 g/mol. The molecule has 2 heterocycles. The number of hydrogen-bond acceptors (Lipinski definition) is 6. The molecule has 2 amide bonds. The molecule has 9 heteroatoms. The highest BCUT2D eigenvalue weighted by atomic mass is 35.5. The normalized spacial score (nSPS) is 19.3. The molecule has 1 unspecified atom stereocenters. The van der Waals surface area contributed by atoms with Crippen molar-refractivity contribution in [3.05, 3.63) is 11.2 Å². The molecule has 1 saturated heterocycles. The summed E-state index contributed by atoms with van der Waals surface area (Å²) in [5.74, 6) is 1.32. The molecule has 0 bridgehead atoms. The lowest BCUT2D eigenvalue weighted by Gasteiger charge is -2.40. The Morgan fingerprint density at radius 1 is 1.12 bits per heavy atom. The fraction of sp³-hybridized carbons (Fsp3) is 0.760. The number of unbranched alkanes of at least 4 members (excludes halogenated alkanes) is 4. The number of hydrogen-bond donors (Lipinski definition) is 1. The van der Waals surface area contributed by atoms with Crippen molar-refractivity contribution in [1.82, 2.24) is 20.2 Å². The van der Waals surface area contributed by atoms with Crippen LogP contribution >= 0.6 is 23.4 Å². The maximum atomic E-state index is 12.7. The van der Waals surface area contributed by atoms with E-state index in [1.165, 1.54) is 50.3 Å². The number of piperazine rings is 1. The standard InChI is InChI=1S/C25H40ClN5O2S/c1-3-4-5-6-10-13-24(33)31-15-14-30(17-19(31)2)22-16-21(26)28-25(29-22)34-18-23(32)27-20-11-8-7-9-12-20/h16,19-20H,3-15,17-18H2,1-2H3,(H,27,32). The number of carbonyl (C=O) groups excluding carboxylic acids is 2. The zero-order valence-electron chi connectivity index (χ0n) is 20.7. The van der Waals surface area contributed by atoms with E-state index in [0.29, 0.717) is 42.4 Å². The summed E-state index contributed by atoms with van der Waals surface area (Å²) in [6, 6.07) is 2.18. The van der Waals surface area contributed by atoms with E-state index in [-0.39, 0.29) is 23.6 Å². The van der Waals surface area contributed by atoms with Crippen LogP contribution in [-0.4, -0.2) is 64.2 Å². The Kier molecular flexibility index (Phi) is 11.2. The molecule has 1 aromatic rings. The maximum absolute atomic E-state index is 12.7. The Morgan fingerprint density at radius 2 is 1.88 bits per heavy atom. The third-order valence-corrected chi connectivity index (χ3v) is 7.77. The number of thioether (sulfide) groups is 1. The van der Waals surface area contributed by atoms with Gasteiger partial charge in [-0.3, -0.25) is 9.59 Å². The second-order valence-electron chi connectivity index (χ2n) is 9.57. The minimum atomic E-state index is 0.0254. The molecule has 0 aromatic carbocycles. The molecule has 1 aromatic heterocycles. The van der Waals surface area contributed by atoms with E-state index in [1.807, 2.05) is 4.90 Å². The quantitative estimate of drug-likeness (QED) is 0.194. The minimum Gasteiger partial charge on any atom is -0.353 e. The smallest absolute Gasteiger partial charge is 0.230 e. The summed E-state index contributed by atoms with van der Waals surface area (Å²) in [6.45, 7) is 6.40. The molecule has 190 valence electrons. The lowest BCUT2D eigenvalue weighted by atomic mass is 9.95. The number of carbonyl (C=O) groups is 2. The van der Waals surface area contributed by atoms with Gasteiger partial charge in [-0.25, -0.2) is 9.97 Å². The van der Waals surface area contributed by atoms with Gasteiger partial charge in [0.05, 0.1) is 5.75 Å². The van der Waals surface area contributed by atoms with Crippen LogP contribution in [-0.2, 0) is 9.59 Å². The van der Waals surface area contributed by atoms with E-state index in [2.05, 4.69) is 34.0 Å². The summed E-state index contributed by atoms with van der Waals surface area (Å²) in [6.07, 6.45) is 12.2. The SMILES string of the molecule is CCCCCCCC(=O)N1CCN(c2cc(Cl)nc(SCC(=O)NC3CCCCC3)n2)CC1C. The summed E-state index contributed by atoms with van der Waals surface area (Å²) in [4.78, 5) is 38.2. The highest BCUT2D eigenvalue weighted by Crippen LogP contribution is 2.25. The largest absolute Gasteiger partial charge is 0.353 e. The summed E-state index contributed by atoms with van der Waals surface area (Å²) >= 11 is 7.61. The number of anilines is 1. The highest BCUT2D eigenvalue weighted by Gasteiger charge is 2.28. The number of nitrogens with zero attached hydrogens (tertiary/aromatic N) is 4. The molecule has 0 radical (unpaired) electrons. The summed E-state index contributed by atoms with van der Waals surface area (Å²) in [5.41, 5.74) is 0. The van der Waals surface area contributed by atoms with Crippen molar-refractivity contribution in [3.63, 3.8) is 0 Å². The fourth-order valence-corrected chi connectivity index (χ4v) is 5.71. The third kappa shape index (κ3) is 8.59. The number of nitrogens with one attached hydrogen (secondary N) is 1. The first-order valence-corrected chi connectivity index (χ1v) is 14.3. The van der Waals surface area contributed by atoms with E-state index in [4.69, 9.17) is 11.6 Å². The van der Waals surface area contributed by atoms with Crippen LogP contribution < -0.4 is 10.2 Å². The first kappa shape index (κ1) is 27.1. The number of amides is 2. The van der Waals surface area contributed by atoms with E-state index in [0.717, 1.165) is 31.5 Å². The minimum absolute atomic E-state index is 0.0254. The predicted octanol–water partition coefficient (Wildman–Crippen LogP) is 5.07. The van der Waals surface area contributed by atoms with Gasteiger partial charge in [0.15, 0.2) is 5.16 Å². The second-order valence-corrected chi connectivity index (χ2v) is 10.9. The molecule has 2 aliphatic rings. The Hall–Kier alpha value is -1.54. The van der Waals surface area contributed by atoms with E-state index in [1.54, 1.807) is 6.07 Å². The number of aromatic nitrogens is 2. The molecule has 1 atom stereocenters. The van der Waals surface area contributed by atoms with Gasteiger partial charge in [0.2, 0.25) is 11.8 Å². The molecule has 3 rings (SSSR count). The van der Waals surface area contributed by atoms with Crippen molar-refractivity contribution in [2.24, 2.45) is 0 Å². The van der Waals surface area contributed by atoms with Crippen molar-refractivity contribution in [2.75, 3.05) is 30.3 Å². The van der Waals surface area contributed by atoms with Crippen LogP contribution in [0.2, 0.25) is 5.15 Å². The second kappa shape index (κ2) is 14.1. The van der Waals surface area contributed by atoms with E-state index < -0.39 is 0 Å². The van der Waals surface area contributed by atoms with Crippen molar-refractivity contribution in [2.45, 2.75) is 102 Å². The van der Waals surface area contributed by atoms with Gasteiger partial charge in [-0.1, -0.05) is 75.2 Å². The Morgan fingerprint density at radius 3 is 2.62 bits per heavy atom. The van der Waals surface area contributed by atoms with Gasteiger partial charge in [-0.15, -0.1) is 0 Å². The van der Waals surface area contributed by atoms with Crippen LogP contribution in [0.25, 0.3) is 0 Å². The van der Waals surface area contributed by atoms with Gasteiger partial charge in [-0.05, 0) is 26.2 Å². The maximum Gasteiger partial charge on any atom is 0.230 e. The van der Waals surface area contributed by atoms with E-state index in [9.17, 15) is 9.59 Å². The van der Waals surface area contributed by atoms with Crippen molar-refractivity contribution in [1.29, 1.82) is 0 Å². The van der Waals surface area contributed by atoms with Crippen LogP contribution in [0.3, 0.4) is 0 Å². The Labute approximate surface area is 213 Å². The molecule has 1 saturated carbocycles. The molecule has 1 aliphatic heterocycles. The Bertz CT molecular complexity index is 806. The van der Waals surface area contributed by atoms with Crippen LogP contribution in [0.4, 0.5) is 5.82 Å². The first-order valence-electron chi connectivity index (χ1n) is 13.0. The fourth-order valence-electron chi connectivity index (χ4n) is 4.82. The van der Waals surface area contributed by atoms with Crippen molar-refractivity contribution >= 4 is 41.0 Å².